The Hall–Kier alpha value is -3.68. The zero-order chi connectivity index (χ0) is 24.4. The van der Waals surface area contributed by atoms with Crippen LogP contribution in [0, 0.1) is 0 Å². The molecule has 7 nitrogen and oxygen atoms in total. The van der Waals surface area contributed by atoms with E-state index in [2.05, 4.69) is 0 Å². The Labute approximate surface area is 204 Å². The maximum absolute atomic E-state index is 12.7. The molecular weight excluding hydrogens is 481 g/mol. The summed E-state index contributed by atoms with van der Waals surface area (Å²) < 4.78 is 10.2. The molecule has 1 heterocycles. The van der Waals surface area contributed by atoms with E-state index in [9.17, 15) is 19.2 Å². The number of esters is 2. The van der Waals surface area contributed by atoms with Gasteiger partial charge >= 0.3 is 11.9 Å². The number of rotatable bonds is 6. The highest BCUT2D eigenvalue weighted by Gasteiger charge is 2.37. The van der Waals surface area contributed by atoms with Gasteiger partial charge in [-0.15, -0.1) is 0 Å². The predicted octanol–water partition coefficient (Wildman–Crippen LogP) is 5.33. The number of carbonyl (C=O) groups is 4. The second kappa shape index (κ2) is 9.67. The minimum Gasteiger partial charge on any atom is -0.462 e. The van der Waals surface area contributed by atoms with Gasteiger partial charge in [-0.2, -0.15) is 0 Å². The molecule has 172 valence electrons. The quantitative estimate of drug-likeness (QED) is 0.337. The molecule has 0 aromatic heterocycles. The van der Waals surface area contributed by atoms with Crippen molar-refractivity contribution >= 4 is 52.6 Å². The molecular formula is C25H17Cl2NO6. The molecule has 0 N–H and O–H groups in total. The lowest BCUT2D eigenvalue weighted by Crippen LogP contribution is -2.29. The van der Waals surface area contributed by atoms with E-state index in [1.807, 2.05) is 0 Å². The van der Waals surface area contributed by atoms with Crippen LogP contribution < -0.4 is 4.90 Å². The van der Waals surface area contributed by atoms with Crippen LogP contribution in [0.15, 0.2) is 60.7 Å². The van der Waals surface area contributed by atoms with Crippen LogP contribution in [0.4, 0.5) is 5.69 Å². The molecule has 0 radical (unpaired) electrons. The minimum absolute atomic E-state index is 0.00359. The summed E-state index contributed by atoms with van der Waals surface area (Å²) in [6.45, 7) is 2.01. The van der Waals surface area contributed by atoms with Gasteiger partial charge in [-0.1, -0.05) is 35.3 Å². The van der Waals surface area contributed by atoms with E-state index in [1.165, 1.54) is 36.4 Å². The van der Waals surface area contributed by atoms with Crippen LogP contribution >= 0.6 is 23.2 Å². The number of imide groups is 1. The fraction of sp³-hybridized carbons (Fsp3) is 0.120. The third-order valence-electron chi connectivity index (χ3n) is 5.12. The summed E-state index contributed by atoms with van der Waals surface area (Å²) in [5.74, 6) is -2.06. The molecule has 4 rings (SSSR count). The van der Waals surface area contributed by atoms with Crippen molar-refractivity contribution in [1.29, 1.82) is 0 Å². The van der Waals surface area contributed by atoms with Gasteiger partial charge in [0.1, 0.15) is 6.61 Å². The molecule has 0 unspecified atom stereocenters. The van der Waals surface area contributed by atoms with Gasteiger partial charge in [0.05, 0.1) is 44.6 Å². The summed E-state index contributed by atoms with van der Waals surface area (Å²) in [4.78, 5) is 50.6. The molecule has 3 aromatic carbocycles. The number of fused-ring (bicyclic) bond motifs is 1. The van der Waals surface area contributed by atoms with Gasteiger partial charge in [-0.05, 0) is 61.0 Å². The second-order valence-electron chi connectivity index (χ2n) is 7.30. The Morgan fingerprint density at radius 2 is 1.24 bits per heavy atom. The number of benzene rings is 3. The van der Waals surface area contributed by atoms with E-state index < -0.39 is 23.8 Å². The smallest absolute Gasteiger partial charge is 0.338 e. The van der Waals surface area contributed by atoms with E-state index in [1.54, 1.807) is 31.2 Å². The van der Waals surface area contributed by atoms with E-state index in [-0.39, 0.29) is 39.9 Å². The first-order chi connectivity index (χ1) is 16.3. The number of hydrogen-bond acceptors (Lipinski definition) is 6. The SMILES string of the molecule is CCOC(=O)c1ccc(COC(=O)c2ccc(N3C(=O)c4cc(Cl)c(Cl)cc4C3=O)cc2)cc1. The number of anilines is 1. The molecule has 34 heavy (non-hydrogen) atoms. The Balaban J connectivity index is 1.42. The molecule has 3 aromatic rings. The molecule has 1 aliphatic rings. The van der Waals surface area contributed by atoms with Gasteiger partial charge in [0, 0.05) is 0 Å². The fourth-order valence-corrected chi connectivity index (χ4v) is 3.73. The van der Waals surface area contributed by atoms with Gasteiger partial charge in [0.15, 0.2) is 0 Å². The first-order valence-corrected chi connectivity index (χ1v) is 11.0. The van der Waals surface area contributed by atoms with Crippen molar-refractivity contribution < 1.29 is 28.7 Å². The molecule has 1 aliphatic heterocycles. The number of hydrogen-bond donors (Lipinski definition) is 0. The maximum Gasteiger partial charge on any atom is 0.338 e. The normalized spacial score (nSPS) is 12.5. The lowest BCUT2D eigenvalue weighted by Gasteiger charge is -2.14. The lowest BCUT2D eigenvalue weighted by atomic mass is 10.1. The first kappa shape index (κ1) is 23.5. The molecule has 9 heteroatoms. The second-order valence-corrected chi connectivity index (χ2v) is 8.11. The monoisotopic (exact) mass is 497 g/mol. The van der Waals surface area contributed by atoms with Crippen LogP contribution in [0.25, 0.3) is 0 Å². The van der Waals surface area contributed by atoms with Crippen LogP contribution in [0.1, 0.15) is 53.9 Å². The van der Waals surface area contributed by atoms with Gasteiger partial charge < -0.3 is 9.47 Å². The topological polar surface area (TPSA) is 90.0 Å². The standard InChI is InChI=1S/C25H17Cl2NO6/c1-2-33-24(31)15-5-3-14(4-6-15)13-34-25(32)16-7-9-17(10-8-16)28-22(29)18-11-20(26)21(27)12-19(18)23(28)30/h3-12H,2,13H2,1H3. The molecule has 0 aliphatic carbocycles. The Bertz CT molecular complexity index is 1260. The minimum atomic E-state index is -0.582. The largest absolute Gasteiger partial charge is 0.462 e. The van der Waals surface area contributed by atoms with Crippen LogP contribution in [0.3, 0.4) is 0 Å². The molecule has 2 amide bonds. The predicted molar refractivity (Wildman–Crippen MR) is 126 cm³/mol. The third-order valence-corrected chi connectivity index (χ3v) is 5.85. The highest BCUT2D eigenvalue weighted by molar-refractivity contribution is 6.44. The number of ether oxygens (including phenoxy) is 2. The summed E-state index contributed by atoms with van der Waals surface area (Å²) >= 11 is 12.0. The molecule has 0 atom stereocenters. The average Bonchev–Trinajstić information content (AvgIpc) is 3.07. The van der Waals surface area contributed by atoms with E-state index in [0.29, 0.717) is 16.8 Å². The van der Waals surface area contributed by atoms with Gasteiger partial charge in [-0.3, -0.25) is 9.59 Å². The van der Waals surface area contributed by atoms with Crippen molar-refractivity contribution in [3.8, 4) is 0 Å². The van der Waals surface area contributed by atoms with E-state index in [4.69, 9.17) is 32.7 Å². The molecule has 0 bridgehead atoms. The van der Waals surface area contributed by atoms with Crippen molar-refractivity contribution in [3.63, 3.8) is 0 Å². The van der Waals surface area contributed by atoms with E-state index in [0.717, 1.165) is 4.90 Å². The number of nitrogens with zero attached hydrogens (tertiary/aromatic N) is 1. The molecule has 0 spiro atoms. The van der Waals surface area contributed by atoms with E-state index >= 15 is 0 Å². The molecule has 0 saturated heterocycles. The Morgan fingerprint density at radius 1 is 0.765 bits per heavy atom. The average molecular weight is 498 g/mol. The Kier molecular flexibility index (Phi) is 6.68. The zero-order valence-electron chi connectivity index (χ0n) is 17.8. The zero-order valence-corrected chi connectivity index (χ0v) is 19.4. The van der Waals surface area contributed by atoms with Crippen molar-refractivity contribution in [2.75, 3.05) is 11.5 Å². The third kappa shape index (κ3) is 4.53. The fourth-order valence-electron chi connectivity index (χ4n) is 3.40. The van der Waals surface area contributed by atoms with Gasteiger partial charge in [-0.25, -0.2) is 14.5 Å². The van der Waals surface area contributed by atoms with Crippen LogP contribution in [0.5, 0.6) is 0 Å². The molecule has 0 saturated carbocycles. The van der Waals surface area contributed by atoms with Crippen LogP contribution in [-0.2, 0) is 16.1 Å². The maximum atomic E-state index is 12.7. The number of amides is 2. The summed E-state index contributed by atoms with van der Waals surface area (Å²) in [6.07, 6.45) is 0. The van der Waals surface area contributed by atoms with Crippen LogP contribution in [-0.4, -0.2) is 30.4 Å². The van der Waals surface area contributed by atoms with Crippen molar-refractivity contribution in [2.24, 2.45) is 0 Å². The summed E-state index contributed by atoms with van der Waals surface area (Å²) in [7, 11) is 0. The van der Waals surface area contributed by atoms with Crippen molar-refractivity contribution in [2.45, 2.75) is 13.5 Å². The highest BCUT2D eigenvalue weighted by Crippen LogP contribution is 2.34. The summed E-state index contributed by atoms with van der Waals surface area (Å²) in [5.41, 5.74) is 1.97. The van der Waals surface area contributed by atoms with Gasteiger partial charge in [0.25, 0.3) is 11.8 Å². The molecule has 0 fully saturated rings. The Morgan fingerprint density at radius 3 is 1.74 bits per heavy atom. The van der Waals surface area contributed by atoms with Crippen molar-refractivity contribution in [1.82, 2.24) is 0 Å². The van der Waals surface area contributed by atoms with Gasteiger partial charge in [0.2, 0.25) is 0 Å². The lowest BCUT2D eigenvalue weighted by molar-refractivity contribution is 0.0469. The summed E-state index contributed by atoms with van der Waals surface area (Å²) in [5, 5.41) is 0.356. The summed E-state index contributed by atoms with van der Waals surface area (Å²) in [6, 6.07) is 15.2. The first-order valence-electron chi connectivity index (χ1n) is 10.2. The van der Waals surface area contributed by atoms with Crippen molar-refractivity contribution in [3.05, 3.63) is 98.5 Å². The van der Waals surface area contributed by atoms with Crippen LogP contribution in [0.2, 0.25) is 10.0 Å². The highest BCUT2D eigenvalue weighted by atomic mass is 35.5. The number of halogens is 2. The number of carbonyl (C=O) groups excluding carboxylic acids is 4.